The normalized spacial score (nSPS) is 18.4. The molecule has 1 aromatic carbocycles. The molecule has 1 aliphatic rings. The zero-order valence-electron chi connectivity index (χ0n) is 13.9. The molecule has 3 nitrogen and oxygen atoms in total. The molecule has 0 spiro atoms. The highest BCUT2D eigenvalue weighted by Gasteiger charge is 2.33. The van der Waals surface area contributed by atoms with Gasteiger partial charge in [-0.1, -0.05) is 18.2 Å². The van der Waals surface area contributed by atoms with E-state index in [1.54, 1.807) is 35.4 Å². The van der Waals surface area contributed by atoms with Gasteiger partial charge in [-0.3, -0.25) is 4.79 Å². The van der Waals surface area contributed by atoms with Crippen molar-refractivity contribution in [1.29, 1.82) is 0 Å². The summed E-state index contributed by atoms with van der Waals surface area (Å²) in [6.07, 6.45) is 0.259. The number of carbonyl (C=O) groups is 1. The second-order valence-corrected chi connectivity index (χ2v) is 6.54. The Morgan fingerprint density at radius 2 is 2.00 bits per heavy atom. The van der Waals surface area contributed by atoms with E-state index in [1.165, 1.54) is 6.07 Å². The molecular weight excluding hydrogens is 329 g/mol. The van der Waals surface area contributed by atoms with E-state index in [9.17, 15) is 18.0 Å². The SMILES string of the molecule is O=C(c1ccc[nH]1)N1CCC[C@H](CCc2ccccc2C(F)(F)F)C1. The number of H-pyrrole nitrogens is 1. The van der Waals surface area contributed by atoms with Gasteiger partial charge in [0.25, 0.3) is 5.91 Å². The van der Waals surface area contributed by atoms with Crippen LogP contribution in [0.25, 0.3) is 0 Å². The molecule has 1 aromatic heterocycles. The van der Waals surface area contributed by atoms with Gasteiger partial charge in [0, 0.05) is 19.3 Å². The maximum Gasteiger partial charge on any atom is 0.416 e. The Bertz CT molecular complexity index is 710. The fourth-order valence-corrected chi connectivity index (χ4v) is 3.49. The van der Waals surface area contributed by atoms with Gasteiger partial charge in [-0.25, -0.2) is 0 Å². The second kappa shape index (κ2) is 7.33. The highest BCUT2D eigenvalue weighted by molar-refractivity contribution is 5.92. The van der Waals surface area contributed by atoms with E-state index >= 15 is 0 Å². The highest BCUT2D eigenvalue weighted by atomic mass is 19.4. The molecule has 0 bridgehead atoms. The summed E-state index contributed by atoms with van der Waals surface area (Å²) in [6.45, 7) is 1.31. The van der Waals surface area contributed by atoms with Crippen molar-refractivity contribution in [2.45, 2.75) is 31.9 Å². The average Bonchev–Trinajstić information content (AvgIpc) is 3.13. The number of nitrogens with one attached hydrogen (secondary N) is 1. The van der Waals surface area contributed by atoms with Gasteiger partial charge in [-0.15, -0.1) is 0 Å². The number of amides is 1. The third-order valence-corrected chi connectivity index (χ3v) is 4.78. The van der Waals surface area contributed by atoms with Gasteiger partial charge in [-0.05, 0) is 55.4 Å². The van der Waals surface area contributed by atoms with Crippen LogP contribution in [0, 0.1) is 5.92 Å². The number of hydrogen-bond donors (Lipinski definition) is 1. The molecule has 0 unspecified atom stereocenters. The largest absolute Gasteiger partial charge is 0.416 e. The number of aryl methyl sites for hydroxylation is 1. The average molecular weight is 350 g/mol. The summed E-state index contributed by atoms with van der Waals surface area (Å²) >= 11 is 0. The lowest BCUT2D eigenvalue weighted by Crippen LogP contribution is -2.40. The molecule has 0 radical (unpaired) electrons. The monoisotopic (exact) mass is 350 g/mol. The molecule has 0 saturated carbocycles. The van der Waals surface area contributed by atoms with Crippen molar-refractivity contribution in [2.24, 2.45) is 5.92 Å². The smallest absolute Gasteiger partial charge is 0.357 e. The van der Waals surface area contributed by atoms with Crippen LogP contribution in [0.15, 0.2) is 42.6 Å². The molecule has 3 rings (SSSR count). The first-order valence-electron chi connectivity index (χ1n) is 8.53. The molecule has 2 aromatic rings. The van der Waals surface area contributed by atoms with Gasteiger partial charge in [0.05, 0.1) is 5.56 Å². The summed E-state index contributed by atoms with van der Waals surface area (Å²) in [5, 5.41) is 0. The molecule has 1 aliphatic heterocycles. The van der Waals surface area contributed by atoms with Gasteiger partial charge in [0.1, 0.15) is 5.69 Å². The number of nitrogens with zero attached hydrogens (tertiary/aromatic N) is 1. The molecule has 1 fully saturated rings. The predicted molar refractivity (Wildman–Crippen MR) is 89.2 cm³/mol. The fourth-order valence-electron chi connectivity index (χ4n) is 3.49. The molecule has 0 aliphatic carbocycles. The zero-order valence-corrected chi connectivity index (χ0v) is 13.9. The van der Waals surface area contributed by atoms with Crippen LogP contribution in [0.2, 0.25) is 0 Å². The number of rotatable bonds is 4. The second-order valence-electron chi connectivity index (χ2n) is 6.54. The lowest BCUT2D eigenvalue weighted by molar-refractivity contribution is -0.138. The molecular formula is C19H21F3N2O. The van der Waals surface area contributed by atoms with Crippen molar-refractivity contribution in [3.05, 3.63) is 59.4 Å². The lowest BCUT2D eigenvalue weighted by atomic mass is 9.90. The first-order chi connectivity index (χ1) is 11.9. The van der Waals surface area contributed by atoms with Crippen molar-refractivity contribution in [2.75, 3.05) is 13.1 Å². The quantitative estimate of drug-likeness (QED) is 0.865. The maximum absolute atomic E-state index is 13.1. The van der Waals surface area contributed by atoms with Crippen LogP contribution < -0.4 is 0 Å². The first kappa shape index (κ1) is 17.6. The van der Waals surface area contributed by atoms with Gasteiger partial charge in [0.2, 0.25) is 0 Å². The van der Waals surface area contributed by atoms with Gasteiger partial charge >= 0.3 is 6.18 Å². The van der Waals surface area contributed by atoms with E-state index < -0.39 is 11.7 Å². The molecule has 25 heavy (non-hydrogen) atoms. The summed E-state index contributed by atoms with van der Waals surface area (Å²) in [6, 6.07) is 9.27. The van der Waals surface area contributed by atoms with Crippen molar-refractivity contribution in [3.8, 4) is 0 Å². The van der Waals surface area contributed by atoms with Gasteiger partial charge < -0.3 is 9.88 Å². The minimum Gasteiger partial charge on any atom is -0.357 e. The number of hydrogen-bond acceptors (Lipinski definition) is 1. The Morgan fingerprint density at radius 3 is 2.72 bits per heavy atom. The summed E-state index contributed by atoms with van der Waals surface area (Å²) in [5.74, 6) is 0.194. The van der Waals surface area contributed by atoms with Crippen molar-refractivity contribution in [1.82, 2.24) is 9.88 Å². The van der Waals surface area contributed by atoms with E-state index in [-0.39, 0.29) is 11.8 Å². The van der Waals surface area contributed by atoms with Crippen molar-refractivity contribution < 1.29 is 18.0 Å². The van der Waals surface area contributed by atoms with Crippen LogP contribution in [-0.4, -0.2) is 28.9 Å². The number of piperidine rings is 1. The Kier molecular flexibility index (Phi) is 5.16. The Morgan fingerprint density at radius 1 is 1.20 bits per heavy atom. The molecule has 6 heteroatoms. The van der Waals surface area contributed by atoms with E-state index in [0.29, 0.717) is 37.2 Å². The Hall–Kier alpha value is -2.24. The van der Waals surface area contributed by atoms with Gasteiger partial charge in [0.15, 0.2) is 0 Å². The number of benzene rings is 1. The number of aromatic amines is 1. The van der Waals surface area contributed by atoms with E-state index in [4.69, 9.17) is 0 Å². The van der Waals surface area contributed by atoms with Crippen LogP contribution in [0.4, 0.5) is 13.2 Å². The number of likely N-dealkylation sites (tertiary alicyclic amines) is 1. The lowest BCUT2D eigenvalue weighted by Gasteiger charge is -2.32. The summed E-state index contributed by atoms with van der Waals surface area (Å²) in [5.41, 5.74) is 0.344. The molecule has 1 atom stereocenters. The number of carbonyl (C=O) groups excluding carboxylic acids is 1. The summed E-state index contributed by atoms with van der Waals surface area (Å²) < 4.78 is 39.2. The fraction of sp³-hybridized carbons (Fsp3) is 0.421. The first-order valence-corrected chi connectivity index (χ1v) is 8.53. The maximum atomic E-state index is 13.1. The molecule has 134 valence electrons. The number of halogens is 3. The molecule has 1 N–H and O–H groups in total. The van der Waals surface area contributed by atoms with E-state index in [2.05, 4.69) is 4.98 Å². The minimum atomic E-state index is -4.32. The molecule has 1 amide bonds. The van der Waals surface area contributed by atoms with E-state index in [0.717, 1.165) is 18.9 Å². The van der Waals surface area contributed by atoms with E-state index in [1.807, 2.05) is 0 Å². The summed E-state index contributed by atoms with van der Waals surface area (Å²) in [4.78, 5) is 17.1. The Balaban J connectivity index is 1.62. The predicted octanol–water partition coefficient (Wildman–Crippen LogP) is 4.52. The summed E-state index contributed by atoms with van der Waals surface area (Å²) in [7, 11) is 0. The van der Waals surface area contributed by atoms with Crippen LogP contribution in [0.5, 0.6) is 0 Å². The Labute approximate surface area is 144 Å². The number of aromatic nitrogens is 1. The third kappa shape index (κ3) is 4.24. The van der Waals surface area contributed by atoms with Crippen molar-refractivity contribution in [3.63, 3.8) is 0 Å². The number of alkyl halides is 3. The van der Waals surface area contributed by atoms with Gasteiger partial charge in [-0.2, -0.15) is 13.2 Å². The third-order valence-electron chi connectivity index (χ3n) is 4.78. The zero-order chi connectivity index (χ0) is 17.9. The molecule has 2 heterocycles. The van der Waals surface area contributed by atoms with Crippen molar-refractivity contribution >= 4 is 5.91 Å². The highest BCUT2D eigenvalue weighted by Crippen LogP contribution is 2.33. The van der Waals surface area contributed by atoms with Crippen LogP contribution in [-0.2, 0) is 12.6 Å². The molecule has 1 saturated heterocycles. The standard InChI is InChI=1S/C19H21F3N2O/c20-19(21,22)16-7-2-1-6-15(16)10-9-14-5-4-12-24(13-14)18(25)17-8-3-11-23-17/h1-3,6-8,11,14,23H,4-5,9-10,12-13H2/t14-/m1/s1. The van der Waals surface area contributed by atoms with Crippen LogP contribution in [0.1, 0.15) is 40.9 Å². The van der Waals surface area contributed by atoms with Crippen LogP contribution >= 0.6 is 0 Å². The van der Waals surface area contributed by atoms with Crippen LogP contribution in [0.3, 0.4) is 0 Å². The minimum absolute atomic E-state index is 0.0367. The topological polar surface area (TPSA) is 36.1 Å².